The van der Waals surface area contributed by atoms with E-state index < -0.39 is 11.3 Å². The molecule has 0 spiro atoms. The predicted molar refractivity (Wildman–Crippen MR) is 50.2 cm³/mol. The highest BCUT2D eigenvalue weighted by Crippen LogP contribution is 2.24. The van der Waals surface area contributed by atoms with Crippen LogP contribution in [-0.4, -0.2) is 25.7 Å². The average molecular weight is 192 g/mol. The molecular formula is C8H18NO2S-. The van der Waals surface area contributed by atoms with Crippen molar-refractivity contribution in [1.82, 2.24) is 4.31 Å². The predicted octanol–water partition coefficient (Wildman–Crippen LogP) is 1.54. The van der Waals surface area contributed by atoms with Crippen molar-refractivity contribution in [2.45, 2.75) is 40.7 Å². The van der Waals surface area contributed by atoms with Gasteiger partial charge in [-0.2, -0.15) is 0 Å². The molecule has 2 unspecified atom stereocenters. The highest BCUT2D eigenvalue weighted by atomic mass is 32.2. The average Bonchev–Trinajstić information content (AvgIpc) is 1.86. The zero-order valence-corrected chi connectivity index (χ0v) is 9.27. The third kappa shape index (κ3) is 3.21. The lowest BCUT2D eigenvalue weighted by Gasteiger charge is -2.37. The van der Waals surface area contributed by atoms with Gasteiger partial charge in [0.1, 0.15) is 0 Å². The highest BCUT2D eigenvalue weighted by Gasteiger charge is 2.25. The Bertz CT molecular complexity index is 165. The Balaban J connectivity index is 4.42. The third-order valence-corrected chi connectivity index (χ3v) is 3.15. The Morgan fingerprint density at radius 3 is 2.00 bits per heavy atom. The van der Waals surface area contributed by atoms with Crippen molar-refractivity contribution >= 4 is 11.3 Å². The van der Waals surface area contributed by atoms with Gasteiger partial charge in [0.05, 0.1) is 0 Å². The lowest BCUT2D eigenvalue weighted by atomic mass is 9.88. The molecule has 0 heterocycles. The Hall–Kier alpha value is 0.0700. The summed E-state index contributed by atoms with van der Waals surface area (Å²) < 4.78 is 22.9. The van der Waals surface area contributed by atoms with Crippen LogP contribution in [0.3, 0.4) is 0 Å². The fourth-order valence-corrected chi connectivity index (χ4v) is 1.73. The molecule has 74 valence electrons. The van der Waals surface area contributed by atoms with E-state index in [9.17, 15) is 8.76 Å². The summed E-state index contributed by atoms with van der Waals surface area (Å²) in [7, 11) is 0. The van der Waals surface area contributed by atoms with Crippen LogP contribution in [0, 0.1) is 5.41 Å². The first-order valence-electron chi connectivity index (χ1n) is 4.16. The van der Waals surface area contributed by atoms with Gasteiger partial charge in [-0.3, -0.25) is 4.21 Å². The van der Waals surface area contributed by atoms with Crippen LogP contribution in [0.25, 0.3) is 0 Å². The molecule has 0 aliphatic rings. The number of nitrogens with zero attached hydrogens (tertiary/aromatic N) is 1. The molecule has 0 amide bonds. The lowest BCUT2D eigenvalue weighted by Crippen LogP contribution is -2.42. The fourth-order valence-electron chi connectivity index (χ4n) is 0.940. The molecule has 0 radical (unpaired) electrons. The lowest BCUT2D eigenvalue weighted by molar-refractivity contribution is 0.194. The van der Waals surface area contributed by atoms with Crippen LogP contribution in [0.4, 0.5) is 0 Å². The number of rotatable bonds is 3. The Labute approximate surface area is 77.6 Å². The zero-order valence-electron chi connectivity index (χ0n) is 8.46. The van der Waals surface area contributed by atoms with E-state index in [0.29, 0.717) is 6.54 Å². The maximum Gasteiger partial charge on any atom is 0.0235 e. The summed E-state index contributed by atoms with van der Waals surface area (Å²) in [5.41, 5.74) is -0.00389. The van der Waals surface area contributed by atoms with Gasteiger partial charge in [-0.05, 0) is 12.3 Å². The first-order valence-corrected chi connectivity index (χ1v) is 5.20. The maximum atomic E-state index is 10.7. The van der Waals surface area contributed by atoms with Gasteiger partial charge in [-0.1, -0.05) is 27.7 Å². The minimum atomic E-state index is -2.10. The van der Waals surface area contributed by atoms with Gasteiger partial charge in [0.15, 0.2) is 0 Å². The Morgan fingerprint density at radius 1 is 1.50 bits per heavy atom. The molecule has 3 nitrogen and oxygen atoms in total. The minimum Gasteiger partial charge on any atom is -0.760 e. The van der Waals surface area contributed by atoms with Gasteiger partial charge in [0, 0.05) is 23.9 Å². The summed E-state index contributed by atoms with van der Waals surface area (Å²) in [5.74, 6) is 0. The molecule has 12 heavy (non-hydrogen) atoms. The molecule has 2 atom stereocenters. The van der Waals surface area contributed by atoms with Crippen LogP contribution < -0.4 is 0 Å². The first-order chi connectivity index (χ1) is 5.30. The monoisotopic (exact) mass is 192 g/mol. The van der Waals surface area contributed by atoms with E-state index in [0.717, 1.165) is 0 Å². The van der Waals surface area contributed by atoms with Crippen molar-refractivity contribution in [3.05, 3.63) is 0 Å². The molecule has 0 N–H and O–H groups in total. The van der Waals surface area contributed by atoms with E-state index >= 15 is 0 Å². The van der Waals surface area contributed by atoms with Gasteiger partial charge in [0.25, 0.3) is 0 Å². The van der Waals surface area contributed by atoms with Gasteiger partial charge in [-0.15, -0.1) is 0 Å². The van der Waals surface area contributed by atoms with Gasteiger partial charge in [-0.25, -0.2) is 4.31 Å². The topological polar surface area (TPSA) is 43.4 Å². The minimum absolute atomic E-state index is 0.00389. The molecule has 0 aromatic heterocycles. The molecule has 0 fully saturated rings. The molecule has 0 aliphatic heterocycles. The molecular weight excluding hydrogens is 174 g/mol. The van der Waals surface area contributed by atoms with Crippen molar-refractivity contribution in [2.24, 2.45) is 5.41 Å². The standard InChI is InChI=1S/C8H19NO2S/c1-6-9(12(10)11)7(2)8(3,4)5/h7H,6H2,1-5H3,(H,10,11)/p-1. The number of hydrogen-bond acceptors (Lipinski definition) is 2. The second-order valence-corrected chi connectivity index (χ2v) is 4.90. The summed E-state index contributed by atoms with van der Waals surface area (Å²) in [6.45, 7) is 10.4. The summed E-state index contributed by atoms with van der Waals surface area (Å²) >= 11 is -2.10. The van der Waals surface area contributed by atoms with Crippen LogP contribution in [0.15, 0.2) is 0 Å². The van der Waals surface area contributed by atoms with Crippen LogP contribution in [0.2, 0.25) is 0 Å². The van der Waals surface area contributed by atoms with E-state index in [2.05, 4.69) is 0 Å². The Morgan fingerprint density at radius 2 is 1.92 bits per heavy atom. The molecule has 0 aliphatic carbocycles. The van der Waals surface area contributed by atoms with Crippen LogP contribution in [-0.2, 0) is 11.3 Å². The van der Waals surface area contributed by atoms with Gasteiger partial charge < -0.3 is 4.55 Å². The molecule has 0 rings (SSSR count). The zero-order chi connectivity index (χ0) is 9.94. The quantitative estimate of drug-likeness (QED) is 0.637. The van der Waals surface area contributed by atoms with E-state index in [-0.39, 0.29) is 11.5 Å². The molecule has 0 saturated carbocycles. The molecule has 4 heteroatoms. The van der Waals surface area contributed by atoms with E-state index in [1.165, 1.54) is 4.31 Å². The fraction of sp³-hybridized carbons (Fsp3) is 1.00. The SMILES string of the molecule is CCN(C(C)C(C)(C)C)S(=O)[O-]. The largest absolute Gasteiger partial charge is 0.760 e. The number of hydrogen-bond donors (Lipinski definition) is 0. The van der Waals surface area contributed by atoms with E-state index in [4.69, 9.17) is 0 Å². The summed E-state index contributed by atoms with van der Waals surface area (Å²) in [5, 5.41) is 0. The van der Waals surface area contributed by atoms with Crippen molar-refractivity contribution in [2.75, 3.05) is 6.54 Å². The van der Waals surface area contributed by atoms with Gasteiger partial charge >= 0.3 is 0 Å². The van der Waals surface area contributed by atoms with E-state index in [1.807, 2.05) is 34.6 Å². The van der Waals surface area contributed by atoms with E-state index in [1.54, 1.807) is 0 Å². The van der Waals surface area contributed by atoms with Gasteiger partial charge in [0.2, 0.25) is 0 Å². The second kappa shape index (κ2) is 4.35. The van der Waals surface area contributed by atoms with Crippen LogP contribution >= 0.6 is 0 Å². The van der Waals surface area contributed by atoms with Crippen LogP contribution in [0.5, 0.6) is 0 Å². The van der Waals surface area contributed by atoms with Crippen molar-refractivity contribution in [3.63, 3.8) is 0 Å². The van der Waals surface area contributed by atoms with Crippen molar-refractivity contribution < 1.29 is 8.76 Å². The first kappa shape index (κ1) is 12.1. The maximum absolute atomic E-state index is 10.7. The summed E-state index contributed by atoms with van der Waals surface area (Å²) in [6, 6.07) is 0.0424. The molecule has 0 aromatic carbocycles. The Kier molecular flexibility index (Phi) is 4.37. The van der Waals surface area contributed by atoms with Crippen molar-refractivity contribution in [1.29, 1.82) is 0 Å². The normalized spacial score (nSPS) is 17.9. The summed E-state index contributed by atoms with van der Waals surface area (Å²) in [4.78, 5) is 0. The smallest absolute Gasteiger partial charge is 0.0235 e. The molecule has 0 aromatic rings. The summed E-state index contributed by atoms with van der Waals surface area (Å²) in [6.07, 6.45) is 0. The molecule has 0 saturated heterocycles. The van der Waals surface area contributed by atoms with Crippen LogP contribution in [0.1, 0.15) is 34.6 Å². The van der Waals surface area contributed by atoms with Crippen molar-refractivity contribution in [3.8, 4) is 0 Å². The second-order valence-electron chi connectivity index (χ2n) is 3.99. The third-order valence-electron chi connectivity index (χ3n) is 2.19. The molecule has 0 bridgehead atoms. The highest BCUT2D eigenvalue weighted by molar-refractivity contribution is 7.76.